The Morgan fingerprint density at radius 3 is 2.12 bits per heavy atom. The van der Waals surface area contributed by atoms with Crippen LogP contribution in [0.4, 0.5) is 0 Å². The van der Waals surface area contributed by atoms with Gasteiger partial charge < -0.3 is 14.4 Å². The van der Waals surface area contributed by atoms with E-state index in [1.54, 1.807) is 0 Å². The number of ether oxygens (including phenoxy) is 2. The fourth-order valence-electron chi connectivity index (χ4n) is 2.53. The quantitative estimate of drug-likeness (QED) is 0.739. The molecule has 3 nitrogen and oxygen atoms in total. The highest BCUT2D eigenvalue weighted by Crippen LogP contribution is 2.13. The minimum absolute atomic E-state index is 0.0687. The first-order chi connectivity index (χ1) is 7.95. The highest BCUT2D eigenvalue weighted by molar-refractivity contribution is 4.64. The summed E-state index contributed by atoms with van der Waals surface area (Å²) in [6.07, 6.45) is 9.15. The van der Waals surface area contributed by atoms with Crippen LogP contribution in [0.1, 0.15) is 44.9 Å². The van der Waals surface area contributed by atoms with Gasteiger partial charge in [0.05, 0.1) is 13.2 Å². The predicted octanol–water partition coefficient (Wildman–Crippen LogP) is 2.41. The number of rotatable bonds is 3. The Morgan fingerprint density at radius 2 is 1.44 bits per heavy atom. The molecule has 2 rings (SSSR count). The van der Waals surface area contributed by atoms with E-state index in [9.17, 15) is 0 Å². The Balaban J connectivity index is 1.62. The zero-order chi connectivity index (χ0) is 11.1. The SMILES string of the molecule is C1CCCN(CCC2OCCCO2)CCC1. The van der Waals surface area contributed by atoms with Gasteiger partial charge in [-0.2, -0.15) is 0 Å². The molecule has 3 heteroatoms. The molecule has 0 spiro atoms. The molecule has 0 bridgehead atoms. The lowest BCUT2D eigenvalue weighted by atomic mass is 10.1. The Hall–Kier alpha value is -0.120. The van der Waals surface area contributed by atoms with Crippen LogP contribution >= 0.6 is 0 Å². The molecular weight excluding hydrogens is 202 g/mol. The average molecular weight is 227 g/mol. The van der Waals surface area contributed by atoms with Gasteiger partial charge in [0.25, 0.3) is 0 Å². The van der Waals surface area contributed by atoms with Gasteiger partial charge in [-0.05, 0) is 32.4 Å². The zero-order valence-electron chi connectivity index (χ0n) is 10.3. The van der Waals surface area contributed by atoms with Gasteiger partial charge in [-0.15, -0.1) is 0 Å². The minimum atomic E-state index is 0.0687. The topological polar surface area (TPSA) is 21.7 Å². The second-order valence-electron chi connectivity index (χ2n) is 4.92. The molecule has 0 saturated carbocycles. The lowest BCUT2D eigenvalue weighted by molar-refractivity contribution is -0.182. The summed E-state index contributed by atoms with van der Waals surface area (Å²) in [7, 11) is 0. The molecule has 0 N–H and O–H groups in total. The van der Waals surface area contributed by atoms with Crippen molar-refractivity contribution in [3.8, 4) is 0 Å². The maximum absolute atomic E-state index is 5.58. The Kier molecular flexibility index (Phi) is 5.59. The first kappa shape index (κ1) is 12.3. The van der Waals surface area contributed by atoms with Crippen molar-refractivity contribution in [3.63, 3.8) is 0 Å². The molecule has 0 aromatic heterocycles. The van der Waals surface area contributed by atoms with E-state index in [0.717, 1.165) is 32.6 Å². The number of hydrogen-bond donors (Lipinski definition) is 0. The summed E-state index contributed by atoms with van der Waals surface area (Å²) >= 11 is 0. The van der Waals surface area contributed by atoms with Crippen molar-refractivity contribution in [3.05, 3.63) is 0 Å². The van der Waals surface area contributed by atoms with Crippen LogP contribution < -0.4 is 0 Å². The summed E-state index contributed by atoms with van der Waals surface area (Å²) in [4.78, 5) is 2.58. The molecule has 0 amide bonds. The van der Waals surface area contributed by atoms with E-state index in [-0.39, 0.29) is 6.29 Å². The highest BCUT2D eigenvalue weighted by Gasteiger charge is 2.16. The summed E-state index contributed by atoms with van der Waals surface area (Å²) in [5, 5.41) is 0. The zero-order valence-corrected chi connectivity index (χ0v) is 10.3. The van der Waals surface area contributed by atoms with Crippen LogP contribution in [0.25, 0.3) is 0 Å². The summed E-state index contributed by atoms with van der Waals surface area (Å²) in [6, 6.07) is 0. The fraction of sp³-hybridized carbons (Fsp3) is 1.00. The van der Waals surface area contributed by atoms with Crippen LogP contribution in [0, 0.1) is 0 Å². The van der Waals surface area contributed by atoms with Crippen LogP contribution in [0.15, 0.2) is 0 Å². The van der Waals surface area contributed by atoms with E-state index in [1.165, 1.54) is 45.2 Å². The average Bonchev–Trinajstić information content (AvgIpc) is 2.29. The molecule has 0 atom stereocenters. The first-order valence-electron chi connectivity index (χ1n) is 6.91. The molecule has 2 saturated heterocycles. The normalized spacial score (nSPS) is 26.2. The molecule has 0 radical (unpaired) electrons. The molecular formula is C13H25NO2. The molecule has 0 aromatic carbocycles. The Bertz CT molecular complexity index is 173. The highest BCUT2D eigenvalue weighted by atomic mass is 16.7. The van der Waals surface area contributed by atoms with Crippen molar-refractivity contribution in [1.29, 1.82) is 0 Å². The van der Waals surface area contributed by atoms with Crippen molar-refractivity contribution in [2.24, 2.45) is 0 Å². The maximum atomic E-state index is 5.58. The smallest absolute Gasteiger partial charge is 0.158 e. The van der Waals surface area contributed by atoms with Gasteiger partial charge in [-0.1, -0.05) is 19.3 Å². The third-order valence-electron chi connectivity index (χ3n) is 3.53. The van der Waals surface area contributed by atoms with Crippen molar-refractivity contribution in [2.45, 2.75) is 51.2 Å². The monoisotopic (exact) mass is 227 g/mol. The van der Waals surface area contributed by atoms with E-state index < -0.39 is 0 Å². The summed E-state index contributed by atoms with van der Waals surface area (Å²) in [5.41, 5.74) is 0. The predicted molar refractivity (Wildman–Crippen MR) is 64.5 cm³/mol. The fourth-order valence-corrected chi connectivity index (χ4v) is 2.53. The molecule has 94 valence electrons. The van der Waals surface area contributed by atoms with Crippen LogP contribution in [-0.4, -0.2) is 44.0 Å². The molecule has 2 aliphatic rings. The lowest BCUT2D eigenvalue weighted by Crippen LogP contribution is -2.33. The molecule has 2 heterocycles. The summed E-state index contributed by atoms with van der Waals surface area (Å²) < 4.78 is 11.2. The van der Waals surface area contributed by atoms with Crippen LogP contribution in [0.2, 0.25) is 0 Å². The van der Waals surface area contributed by atoms with Crippen molar-refractivity contribution < 1.29 is 9.47 Å². The first-order valence-corrected chi connectivity index (χ1v) is 6.91. The minimum Gasteiger partial charge on any atom is -0.353 e. The number of likely N-dealkylation sites (tertiary alicyclic amines) is 1. The van der Waals surface area contributed by atoms with E-state index >= 15 is 0 Å². The van der Waals surface area contributed by atoms with Crippen molar-refractivity contribution in [2.75, 3.05) is 32.8 Å². The Morgan fingerprint density at radius 1 is 0.812 bits per heavy atom. The van der Waals surface area contributed by atoms with Crippen LogP contribution in [0.3, 0.4) is 0 Å². The van der Waals surface area contributed by atoms with Gasteiger partial charge in [0.2, 0.25) is 0 Å². The van der Waals surface area contributed by atoms with Crippen LogP contribution in [-0.2, 0) is 9.47 Å². The van der Waals surface area contributed by atoms with Gasteiger partial charge in [-0.25, -0.2) is 0 Å². The number of nitrogens with zero attached hydrogens (tertiary/aromatic N) is 1. The van der Waals surface area contributed by atoms with Gasteiger partial charge in [0.15, 0.2) is 6.29 Å². The van der Waals surface area contributed by atoms with E-state index in [1.807, 2.05) is 0 Å². The molecule has 2 aliphatic heterocycles. The van der Waals surface area contributed by atoms with Gasteiger partial charge in [0, 0.05) is 13.0 Å². The molecule has 0 aromatic rings. The lowest BCUT2D eigenvalue weighted by Gasteiger charge is -2.28. The van der Waals surface area contributed by atoms with E-state index in [0.29, 0.717) is 0 Å². The Labute approximate surface area is 99.1 Å². The number of hydrogen-bond acceptors (Lipinski definition) is 3. The van der Waals surface area contributed by atoms with E-state index in [2.05, 4.69) is 4.90 Å². The van der Waals surface area contributed by atoms with Gasteiger partial charge in [0.1, 0.15) is 0 Å². The molecule has 16 heavy (non-hydrogen) atoms. The molecule has 0 aliphatic carbocycles. The second-order valence-corrected chi connectivity index (χ2v) is 4.92. The van der Waals surface area contributed by atoms with E-state index in [4.69, 9.17) is 9.47 Å². The van der Waals surface area contributed by atoms with Crippen molar-refractivity contribution >= 4 is 0 Å². The second kappa shape index (κ2) is 7.25. The summed E-state index contributed by atoms with van der Waals surface area (Å²) in [6.45, 7) is 5.44. The van der Waals surface area contributed by atoms with Crippen molar-refractivity contribution in [1.82, 2.24) is 4.90 Å². The third kappa shape index (κ3) is 4.40. The third-order valence-corrected chi connectivity index (χ3v) is 3.53. The van der Waals surface area contributed by atoms with Gasteiger partial charge >= 0.3 is 0 Å². The standard InChI is InChI=1S/C13H25NO2/c1-2-4-8-14(9-5-3-1)10-7-13-15-11-6-12-16-13/h13H,1-12H2. The van der Waals surface area contributed by atoms with Gasteiger partial charge in [-0.3, -0.25) is 0 Å². The largest absolute Gasteiger partial charge is 0.353 e. The molecule has 2 fully saturated rings. The maximum Gasteiger partial charge on any atom is 0.158 e. The van der Waals surface area contributed by atoms with Crippen LogP contribution in [0.5, 0.6) is 0 Å². The summed E-state index contributed by atoms with van der Waals surface area (Å²) in [5.74, 6) is 0. The molecule has 0 unspecified atom stereocenters.